The van der Waals surface area contributed by atoms with Crippen molar-refractivity contribution < 1.29 is 24.1 Å². The molecule has 3 aliphatic rings. The molecule has 3 N–H and O–H groups in total. The molecule has 0 unspecified atom stereocenters. The fraction of sp³-hybridized carbons (Fsp3) is 0.550. The van der Waals surface area contributed by atoms with E-state index in [2.05, 4.69) is 5.32 Å². The number of halogens is 1. The van der Waals surface area contributed by atoms with Crippen molar-refractivity contribution in [2.45, 2.75) is 51.7 Å². The van der Waals surface area contributed by atoms with Gasteiger partial charge in [0.25, 0.3) is 5.91 Å². The summed E-state index contributed by atoms with van der Waals surface area (Å²) in [6.45, 7) is 7.74. The van der Waals surface area contributed by atoms with Crippen molar-refractivity contribution in [1.29, 1.82) is 0 Å². The molecule has 3 heterocycles. The quantitative estimate of drug-likeness (QED) is 0.774. The summed E-state index contributed by atoms with van der Waals surface area (Å²) in [7, 11) is 0. The van der Waals surface area contributed by atoms with Gasteiger partial charge in [0.2, 0.25) is 17.4 Å². The number of carbonyl (C=O) groups excluding carboxylic acids is 3. The fourth-order valence-corrected chi connectivity index (χ4v) is 5.11. The average molecular weight is 374 g/mol. The van der Waals surface area contributed by atoms with E-state index in [9.17, 15) is 18.8 Å². The van der Waals surface area contributed by atoms with Gasteiger partial charge in [0.1, 0.15) is 23.7 Å². The lowest BCUT2D eigenvalue weighted by Gasteiger charge is -2.29. The topological polar surface area (TPSA) is 83.1 Å². The van der Waals surface area contributed by atoms with E-state index >= 15 is 0 Å². The summed E-state index contributed by atoms with van der Waals surface area (Å²) < 4.78 is 14.0. The van der Waals surface area contributed by atoms with Crippen LogP contribution in [-0.4, -0.2) is 34.7 Å². The maximum absolute atomic E-state index is 14.0. The number of anilines is 1. The highest BCUT2D eigenvalue weighted by atomic mass is 19.1. The predicted octanol–water partition coefficient (Wildman–Crippen LogP) is 0.974. The second-order valence-electron chi connectivity index (χ2n) is 8.31. The van der Waals surface area contributed by atoms with Crippen molar-refractivity contribution in [2.24, 2.45) is 17.8 Å². The van der Waals surface area contributed by atoms with Crippen LogP contribution in [0.5, 0.6) is 0 Å². The molecule has 7 heteroatoms. The van der Waals surface area contributed by atoms with Crippen LogP contribution in [0, 0.1) is 23.6 Å². The average Bonchev–Trinajstić information content (AvgIpc) is 3.20. The van der Waals surface area contributed by atoms with E-state index < -0.39 is 23.2 Å². The molecule has 6 nitrogen and oxygen atoms in total. The Hall–Kier alpha value is -2.28. The van der Waals surface area contributed by atoms with E-state index in [0.717, 1.165) is 0 Å². The lowest BCUT2D eigenvalue weighted by atomic mass is 9.76. The number of carbonyl (C=O) groups is 3. The van der Waals surface area contributed by atoms with Crippen molar-refractivity contribution in [2.75, 3.05) is 5.32 Å². The molecular formula is C20H25FN3O3+. The van der Waals surface area contributed by atoms with E-state index in [4.69, 9.17) is 0 Å². The largest absolute Gasteiger partial charge is 0.326 e. The first-order valence-corrected chi connectivity index (χ1v) is 9.58. The number of nitrogens with one attached hydrogen (secondary N) is 1. The number of fused-ring (bicyclic) bond motifs is 4. The van der Waals surface area contributed by atoms with Crippen LogP contribution in [-0.2, 0) is 19.9 Å². The number of likely N-dealkylation sites (tertiary alicyclic amines) is 1. The lowest BCUT2D eigenvalue weighted by molar-refractivity contribution is -0.738. The van der Waals surface area contributed by atoms with Gasteiger partial charge in [-0.3, -0.25) is 19.3 Å². The molecule has 2 saturated heterocycles. The van der Waals surface area contributed by atoms with Gasteiger partial charge >= 0.3 is 0 Å². The van der Waals surface area contributed by atoms with Crippen LogP contribution in [0.25, 0.3) is 0 Å². The summed E-state index contributed by atoms with van der Waals surface area (Å²) in [5, 5.41) is 4.65. The van der Waals surface area contributed by atoms with Crippen molar-refractivity contribution >= 4 is 23.4 Å². The third kappa shape index (κ3) is 2.18. The predicted molar refractivity (Wildman–Crippen MR) is 95.8 cm³/mol. The van der Waals surface area contributed by atoms with Gasteiger partial charge in [-0.25, -0.2) is 4.39 Å². The Kier molecular flexibility index (Phi) is 3.93. The third-order valence-corrected chi connectivity index (χ3v) is 6.60. The first kappa shape index (κ1) is 18.1. The van der Waals surface area contributed by atoms with Crippen LogP contribution in [0.4, 0.5) is 10.1 Å². The molecule has 5 atom stereocenters. The van der Waals surface area contributed by atoms with Crippen LogP contribution in [0.15, 0.2) is 18.2 Å². The highest BCUT2D eigenvalue weighted by Gasteiger charge is 2.74. The minimum absolute atomic E-state index is 0.0796. The molecule has 2 fully saturated rings. The zero-order valence-electron chi connectivity index (χ0n) is 16.0. The highest BCUT2D eigenvalue weighted by molar-refractivity contribution is 6.14. The molecule has 0 saturated carbocycles. The summed E-state index contributed by atoms with van der Waals surface area (Å²) in [4.78, 5) is 41.1. The zero-order valence-corrected chi connectivity index (χ0v) is 16.0. The Balaban J connectivity index is 1.92. The number of amides is 3. The van der Waals surface area contributed by atoms with E-state index in [1.807, 2.05) is 33.0 Å². The third-order valence-electron chi connectivity index (χ3n) is 6.60. The number of rotatable bonds is 3. The molecule has 1 spiro atoms. The van der Waals surface area contributed by atoms with Gasteiger partial charge < -0.3 is 10.6 Å². The Morgan fingerprint density at radius 1 is 1.22 bits per heavy atom. The van der Waals surface area contributed by atoms with Crippen molar-refractivity contribution in [3.05, 3.63) is 29.6 Å². The zero-order chi connectivity index (χ0) is 19.7. The monoisotopic (exact) mass is 374 g/mol. The standard InChI is InChI=1S/C20H24FN3O3/c1-5-10(4)24-17(25)14-15(18(24)26)20(23-16(14)9(2)3)12-8-11(21)6-7-13(12)22-19(20)27/h6-10,14-16,23H,5H2,1-4H3,(H,22,27)/p+1/t10-,14+,15+,16+,20+/m1/s1. The SMILES string of the molecule is CC[C@@H](C)N1C(=O)[C@H]2[C@@H](C1=O)[C@]1([NH2+][C@H]2C(C)C)C(=O)Nc2ccc(F)cc21. The highest BCUT2D eigenvalue weighted by Crippen LogP contribution is 2.50. The number of nitrogens with two attached hydrogens (primary N) is 1. The second kappa shape index (κ2) is 5.86. The van der Waals surface area contributed by atoms with Crippen LogP contribution < -0.4 is 10.6 Å². The van der Waals surface area contributed by atoms with Gasteiger partial charge in [-0.2, -0.15) is 0 Å². The Bertz CT molecular complexity index is 855. The molecule has 0 bridgehead atoms. The van der Waals surface area contributed by atoms with E-state index in [0.29, 0.717) is 17.7 Å². The van der Waals surface area contributed by atoms with Crippen molar-refractivity contribution in [1.82, 2.24) is 4.90 Å². The first-order valence-electron chi connectivity index (χ1n) is 9.58. The summed E-state index contributed by atoms with van der Waals surface area (Å²) in [6, 6.07) is 3.69. The van der Waals surface area contributed by atoms with Gasteiger partial charge in [-0.1, -0.05) is 20.8 Å². The van der Waals surface area contributed by atoms with E-state index in [1.54, 1.807) is 0 Å². The molecule has 1 aromatic rings. The summed E-state index contributed by atoms with van der Waals surface area (Å²) in [6.07, 6.45) is 0.650. The molecule has 0 aromatic heterocycles. The maximum atomic E-state index is 14.0. The second-order valence-corrected chi connectivity index (χ2v) is 8.31. The number of hydrogen-bond donors (Lipinski definition) is 2. The fourth-order valence-electron chi connectivity index (χ4n) is 5.11. The van der Waals surface area contributed by atoms with Crippen LogP contribution >= 0.6 is 0 Å². The van der Waals surface area contributed by atoms with Gasteiger partial charge in [0.05, 0.1) is 5.69 Å². The summed E-state index contributed by atoms with van der Waals surface area (Å²) >= 11 is 0. The smallest absolute Gasteiger partial charge is 0.291 e. The summed E-state index contributed by atoms with van der Waals surface area (Å²) in [5.74, 6) is -2.63. The van der Waals surface area contributed by atoms with Gasteiger partial charge in [0, 0.05) is 17.5 Å². The van der Waals surface area contributed by atoms with Crippen molar-refractivity contribution in [3.63, 3.8) is 0 Å². The summed E-state index contributed by atoms with van der Waals surface area (Å²) in [5.41, 5.74) is -0.299. The first-order chi connectivity index (χ1) is 12.7. The number of imide groups is 1. The molecule has 3 amide bonds. The van der Waals surface area contributed by atoms with Crippen LogP contribution in [0.1, 0.15) is 39.7 Å². The number of nitrogens with zero attached hydrogens (tertiary/aromatic N) is 1. The number of quaternary nitrogens is 1. The molecule has 1 aromatic carbocycles. The van der Waals surface area contributed by atoms with Crippen LogP contribution in [0.2, 0.25) is 0 Å². The molecule has 3 aliphatic heterocycles. The molecular weight excluding hydrogens is 349 g/mol. The lowest BCUT2D eigenvalue weighted by Crippen LogP contribution is -2.99. The van der Waals surface area contributed by atoms with Gasteiger partial charge in [-0.05, 0) is 31.5 Å². The Labute approximate surface area is 157 Å². The van der Waals surface area contributed by atoms with E-state index in [1.165, 1.54) is 23.1 Å². The van der Waals surface area contributed by atoms with Gasteiger partial charge in [-0.15, -0.1) is 0 Å². The van der Waals surface area contributed by atoms with Gasteiger partial charge in [0.15, 0.2) is 0 Å². The number of hydrogen-bond acceptors (Lipinski definition) is 3. The maximum Gasteiger partial charge on any atom is 0.291 e. The molecule has 4 rings (SSSR count). The van der Waals surface area contributed by atoms with Crippen molar-refractivity contribution in [3.8, 4) is 0 Å². The molecule has 0 radical (unpaired) electrons. The minimum Gasteiger partial charge on any atom is -0.326 e. The molecule has 0 aliphatic carbocycles. The van der Waals surface area contributed by atoms with Crippen LogP contribution in [0.3, 0.4) is 0 Å². The number of benzene rings is 1. The minimum atomic E-state index is -1.29. The Morgan fingerprint density at radius 2 is 1.93 bits per heavy atom. The van der Waals surface area contributed by atoms with E-state index in [-0.39, 0.29) is 35.7 Å². The normalized spacial score (nSPS) is 33.0. The Morgan fingerprint density at radius 3 is 2.56 bits per heavy atom. The molecule has 27 heavy (non-hydrogen) atoms. The molecule has 144 valence electrons.